The monoisotopic (exact) mass is 269 g/mol. The van der Waals surface area contributed by atoms with E-state index >= 15 is 0 Å². The summed E-state index contributed by atoms with van der Waals surface area (Å²) in [6.07, 6.45) is -0.420. The highest BCUT2D eigenvalue weighted by atomic mass is 16.6. The predicted octanol–water partition coefficient (Wildman–Crippen LogP) is 3.06. The van der Waals surface area contributed by atoms with Crippen molar-refractivity contribution in [3.8, 4) is 11.8 Å². The van der Waals surface area contributed by atoms with Crippen LogP contribution in [0.2, 0.25) is 0 Å². The lowest BCUT2D eigenvalue weighted by atomic mass is 10.1. The molecule has 2 aromatic rings. The maximum Gasteiger partial charge on any atom is 0.303 e. The Hall–Kier alpha value is -2.54. The minimum Gasteiger partial charge on any atom is -0.490 e. The quantitative estimate of drug-likeness (QED) is 0.783. The highest BCUT2D eigenvalue weighted by molar-refractivity contribution is 5.83. The normalized spacial score (nSPS) is 11.6. The van der Waals surface area contributed by atoms with Gasteiger partial charge in [0, 0.05) is 6.92 Å². The molecule has 0 amide bonds. The van der Waals surface area contributed by atoms with E-state index in [1.807, 2.05) is 48.5 Å². The summed E-state index contributed by atoms with van der Waals surface area (Å²) in [5.74, 6) is 0.283. The van der Waals surface area contributed by atoms with E-state index in [0.717, 1.165) is 10.8 Å². The summed E-state index contributed by atoms with van der Waals surface area (Å²) in [5, 5.41) is 10.9. The van der Waals surface area contributed by atoms with Gasteiger partial charge in [-0.1, -0.05) is 30.3 Å². The molecule has 0 aliphatic heterocycles. The van der Waals surface area contributed by atoms with E-state index in [4.69, 9.17) is 14.7 Å². The van der Waals surface area contributed by atoms with Crippen LogP contribution in [-0.4, -0.2) is 18.7 Å². The molecule has 0 radical (unpaired) electrons. The summed E-state index contributed by atoms with van der Waals surface area (Å²) in [5.41, 5.74) is 0. The summed E-state index contributed by atoms with van der Waals surface area (Å²) < 4.78 is 10.6. The van der Waals surface area contributed by atoms with Crippen molar-refractivity contribution in [1.29, 1.82) is 5.26 Å². The van der Waals surface area contributed by atoms with Crippen LogP contribution in [0.25, 0.3) is 10.8 Å². The Bertz CT molecular complexity index is 645. The molecule has 20 heavy (non-hydrogen) atoms. The molecule has 4 heteroatoms. The lowest BCUT2D eigenvalue weighted by Crippen LogP contribution is -2.23. The summed E-state index contributed by atoms with van der Waals surface area (Å²) >= 11 is 0. The summed E-state index contributed by atoms with van der Waals surface area (Å²) in [6.45, 7) is 1.49. The molecule has 1 atom stereocenters. The molecule has 0 bridgehead atoms. The fraction of sp³-hybridized carbons (Fsp3) is 0.250. The zero-order chi connectivity index (χ0) is 14.4. The molecule has 0 fully saturated rings. The molecule has 0 aliphatic carbocycles. The number of carbonyl (C=O) groups excluding carboxylic acids is 1. The van der Waals surface area contributed by atoms with E-state index in [1.165, 1.54) is 6.92 Å². The lowest BCUT2D eigenvalue weighted by Gasteiger charge is -2.15. The number of nitriles is 1. The first-order valence-electron chi connectivity index (χ1n) is 6.35. The third kappa shape index (κ3) is 3.72. The predicted molar refractivity (Wildman–Crippen MR) is 75.2 cm³/mol. The molecule has 0 heterocycles. The van der Waals surface area contributed by atoms with Crippen molar-refractivity contribution in [3.63, 3.8) is 0 Å². The number of fused-ring (bicyclic) bond motifs is 1. The zero-order valence-electron chi connectivity index (χ0n) is 11.2. The van der Waals surface area contributed by atoms with Crippen LogP contribution >= 0.6 is 0 Å². The molecule has 0 N–H and O–H groups in total. The van der Waals surface area contributed by atoms with Crippen LogP contribution in [0.5, 0.6) is 5.75 Å². The van der Waals surface area contributed by atoms with Crippen LogP contribution in [0, 0.1) is 11.3 Å². The van der Waals surface area contributed by atoms with E-state index in [9.17, 15) is 4.79 Å². The average molecular weight is 269 g/mol. The fourth-order valence-corrected chi connectivity index (χ4v) is 1.92. The Morgan fingerprint density at radius 2 is 2.00 bits per heavy atom. The number of ether oxygens (including phenoxy) is 2. The summed E-state index contributed by atoms with van der Waals surface area (Å²) in [6, 6.07) is 15.7. The van der Waals surface area contributed by atoms with E-state index < -0.39 is 12.1 Å². The first-order valence-corrected chi connectivity index (χ1v) is 6.35. The van der Waals surface area contributed by atoms with E-state index in [2.05, 4.69) is 0 Å². The lowest BCUT2D eigenvalue weighted by molar-refractivity contribution is -0.147. The Labute approximate surface area is 117 Å². The fourth-order valence-electron chi connectivity index (χ4n) is 1.92. The maximum atomic E-state index is 10.9. The molecule has 0 spiro atoms. The van der Waals surface area contributed by atoms with Gasteiger partial charge in [-0.3, -0.25) is 4.79 Å². The molecule has 0 unspecified atom stereocenters. The number of hydrogen-bond donors (Lipinski definition) is 0. The minimum atomic E-state index is -0.538. The van der Waals surface area contributed by atoms with Crippen molar-refractivity contribution < 1.29 is 14.3 Å². The molecule has 0 saturated heterocycles. The van der Waals surface area contributed by atoms with Gasteiger partial charge in [-0.25, -0.2) is 0 Å². The van der Waals surface area contributed by atoms with Gasteiger partial charge >= 0.3 is 5.97 Å². The van der Waals surface area contributed by atoms with Crippen molar-refractivity contribution in [1.82, 2.24) is 0 Å². The van der Waals surface area contributed by atoms with Crippen LogP contribution in [0.4, 0.5) is 0 Å². The van der Waals surface area contributed by atoms with Gasteiger partial charge in [0.1, 0.15) is 18.5 Å². The number of carbonyl (C=O) groups is 1. The third-order valence-corrected chi connectivity index (χ3v) is 2.81. The third-order valence-electron chi connectivity index (χ3n) is 2.81. The Kier molecular flexibility index (Phi) is 4.56. The summed E-state index contributed by atoms with van der Waals surface area (Å²) in [7, 11) is 0. The van der Waals surface area contributed by atoms with Crippen LogP contribution in [0.3, 0.4) is 0 Å². The number of nitrogens with zero attached hydrogens (tertiary/aromatic N) is 1. The van der Waals surface area contributed by atoms with Gasteiger partial charge in [0.25, 0.3) is 0 Å². The second-order valence-electron chi connectivity index (χ2n) is 4.41. The topological polar surface area (TPSA) is 59.3 Å². The van der Waals surface area contributed by atoms with Crippen molar-refractivity contribution >= 4 is 16.7 Å². The number of benzene rings is 2. The van der Waals surface area contributed by atoms with E-state index in [1.54, 1.807) is 0 Å². The first-order chi connectivity index (χ1) is 9.69. The van der Waals surface area contributed by atoms with Crippen molar-refractivity contribution in [2.24, 2.45) is 0 Å². The van der Waals surface area contributed by atoms with Crippen LogP contribution < -0.4 is 4.74 Å². The highest BCUT2D eigenvalue weighted by Crippen LogP contribution is 2.20. The molecule has 102 valence electrons. The average Bonchev–Trinajstić information content (AvgIpc) is 2.44. The molecule has 0 saturated carbocycles. The Morgan fingerprint density at radius 1 is 1.25 bits per heavy atom. The number of esters is 1. The number of hydrogen-bond acceptors (Lipinski definition) is 4. The Morgan fingerprint density at radius 3 is 2.70 bits per heavy atom. The number of rotatable bonds is 5. The van der Waals surface area contributed by atoms with Gasteiger partial charge in [-0.15, -0.1) is 0 Å². The zero-order valence-corrected chi connectivity index (χ0v) is 11.2. The molecule has 2 aromatic carbocycles. The Balaban J connectivity index is 2.03. The minimum absolute atomic E-state index is 0.118. The van der Waals surface area contributed by atoms with Crippen molar-refractivity contribution in [2.75, 3.05) is 6.61 Å². The smallest absolute Gasteiger partial charge is 0.303 e. The van der Waals surface area contributed by atoms with Gasteiger partial charge in [0.05, 0.1) is 12.5 Å². The van der Waals surface area contributed by atoms with E-state index in [0.29, 0.717) is 5.75 Å². The van der Waals surface area contributed by atoms with Crippen LogP contribution in [0.15, 0.2) is 42.5 Å². The molecule has 4 nitrogen and oxygen atoms in total. The SMILES string of the molecule is CC(=O)O[C@H](CC#N)COc1ccc2ccccc2c1. The van der Waals surface area contributed by atoms with Gasteiger partial charge in [-0.2, -0.15) is 5.26 Å². The van der Waals surface area contributed by atoms with Gasteiger partial charge in [0.2, 0.25) is 0 Å². The van der Waals surface area contributed by atoms with Crippen LogP contribution in [-0.2, 0) is 9.53 Å². The van der Waals surface area contributed by atoms with Crippen molar-refractivity contribution in [2.45, 2.75) is 19.4 Å². The standard InChI is InChI=1S/C16H15NO3/c1-12(18)20-16(8-9-17)11-19-15-7-6-13-4-2-3-5-14(13)10-15/h2-7,10,16H,8,11H2,1H3/t16-/m1/s1. The molecular formula is C16H15NO3. The maximum absolute atomic E-state index is 10.9. The molecule has 2 rings (SSSR count). The second kappa shape index (κ2) is 6.58. The van der Waals surface area contributed by atoms with Gasteiger partial charge in [-0.05, 0) is 22.9 Å². The largest absolute Gasteiger partial charge is 0.490 e. The van der Waals surface area contributed by atoms with Crippen molar-refractivity contribution in [3.05, 3.63) is 42.5 Å². The molecular weight excluding hydrogens is 254 g/mol. The highest BCUT2D eigenvalue weighted by Gasteiger charge is 2.12. The van der Waals surface area contributed by atoms with Crippen LogP contribution in [0.1, 0.15) is 13.3 Å². The van der Waals surface area contributed by atoms with E-state index in [-0.39, 0.29) is 13.0 Å². The van der Waals surface area contributed by atoms with Gasteiger partial charge < -0.3 is 9.47 Å². The van der Waals surface area contributed by atoms with Gasteiger partial charge in [0.15, 0.2) is 0 Å². The molecule has 0 aliphatic rings. The first kappa shape index (κ1) is 13.9. The summed E-state index contributed by atoms with van der Waals surface area (Å²) in [4.78, 5) is 10.9. The molecule has 0 aromatic heterocycles. The second-order valence-corrected chi connectivity index (χ2v) is 4.41.